The largest absolute Gasteiger partial charge is 0.331 e. The molecule has 4 amide bonds. The van der Waals surface area contributed by atoms with Crippen LogP contribution < -0.4 is 5.32 Å². The molecule has 6 nitrogen and oxygen atoms in total. The summed E-state index contributed by atoms with van der Waals surface area (Å²) in [6.45, 7) is 3.27. The number of nitrogens with one attached hydrogen (secondary N) is 1. The fourth-order valence-electron chi connectivity index (χ4n) is 3.48. The zero-order valence-corrected chi connectivity index (χ0v) is 12.5. The molecule has 116 valence electrons. The SMILES string of the molecule is CC(=O)N1C(=O)NC(=O)C12CCCN(Cc1ccccc1)C2. The first-order valence-electron chi connectivity index (χ1n) is 7.45. The van der Waals surface area contributed by atoms with E-state index in [1.165, 1.54) is 6.92 Å². The van der Waals surface area contributed by atoms with E-state index in [1.807, 2.05) is 30.3 Å². The van der Waals surface area contributed by atoms with Crippen molar-refractivity contribution in [2.45, 2.75) is 31.8 Å². The molecule has 0 bridgehead atoms. The molecule has 0 radical (unpaired) electrons. The van der Waals surface area contributed by atoms with Gasteiger partial charge in [-0.3, -0.25) is 19.8 Å². The van der Waals surface area contributed by atoms with Crippen LogP contribution in [0.2, 0.25) is 0 Å². The smallest absolute Gasteiger partial charge is 0.296 e. The Bertz CT molecular complexity index is 616. The van der Waals surface area contributed by atoms with Gasteiger partial charge in [-0.1, -0.05) is 30.3 Å². The molecule has 1 N–H and O–H groups in total. The molecule has 1 spiro atoms. The highest BCUT2D eigenvalue weighted by atomic mass is 16.2. The monoisotopic (exact) mass is 301 g/mol. The van der Waals surface area contributed by atoms with Crippen LogP contribution in [-0.2, 0) is 16.1 Å². The summed E-state index contributed by atoms with van der Waals surface area (Å²) < 4.78 is 0. The van der Waals surface area contributed by atoms with Crippen LogP contribution in [0.15, 0.2) is 30.3 Å². The first-order valence-corrected chi connectivity index (χ1v) is 7.45. The molecule has 6 heteroatoms. The van der Waals surface area contributed by atoms with Crippen LogP contribution in [0.25, 0.3) is 0 Å². The van der Waals surface area contributed by atoms with Gasteiger partial charge in [0.05, 0.1) is 0 Å². The predicted molar refractivity (Wildman–Crippen MR) is 79.7 cm³/mol. The van der Waals surface area contributed by atoms with Crippen molar-refractivity contribution < 1.29 is 14.4 Å². The predicted octanol–water partition coefficient (Wildman–Crippen LogP) is 1.12. The molecule has 2 heterocycles. The molecule has 0 aromatic heterocycles. The number of nitrogens with zero attached hydrogens (tertiary/aromatic N) is 2. The average molecular weight is 301 g/mol. The van der Waals surface area contributed by atoms with E-state index in [1.54, 1.807) is 0 Å². The summed E-state index contributed by atoms with van der Waals surface area (Å²) in [4.78, 5) is 39.3. The molecule has 2 saturated heterocycles. The van der Waals surface area contributed by atoms with Gasteiger partial charge in [0.15, 0.2) is 0 Å². The third kappa shape index (κ3) is 2.39. The number of carbonyl (C=O) groups excluding carboxylic acids is 3. The molecular weight excluding hydrogens is 282 g/mol. The fraction of sp³-hybridized carbons (Fsp3) is 0.438. The maximum atomic E-state index is 12.3. The summed E-state index contributed by atoms with van der Waals surface area (Å²) >= 11 is 0. The van der Waals surface area contributed by atoms with Gasteiger partial charge in [-0.15, -0.1) is 0 Å². The second-order valence-corrected chi connectivity index (χ2v) is 5.95. The van der Waals surface area contributed by atoms with E-state index in [-0.39, 0.29) is 11.8 Å². The van der Waals surface area contributed by atoms with Gasteiger partial charge < -0.3 is 0 Å². The first kappa shape index (κ1) is 14.7. The van der Waals surface area contributed by atoms with Crippen LogP contribution in [0.1, 0.15) is 25.3 Å². The molecule has 1 aromatic rings. The lowest BCUT2D eigenvalue weighted by molar-refractivity contribution is -0.140. The van der Waals surface area contributed by atoms with E-state index in [9.17, 15) is 14.4 Å². The van der Waals surface area contributed by atoms with Gasteiger partial charge in [-0.05, 0) is 24.9 Å². The van der Waals surface area contributed by atoms with E-state index >= 15 is 0 Å². The number of hydrogen-bond acceptors (Lipinski definition) is 4. The van der Waals surface area contributed by atoms with Crippen LogP contribution in [0, 0.1) is 0 Å². The second kappa shape index (κ2) is 5.53. The highest BCUT2D eigenvalue weighted by Crippen LogP contribution is 2.32. The zero-order chi connectivity index (χ0) is 15.7. The Labute approximate surface area is 129 Å². The van der Waals surface area contributed by atoms with Crippen LogP contribution in [0.4, 0.5) is 4.79 Å². The van der Waals surface area contributed by atoms with Crippen molar-refractivity contribution in [3.05, 3.63) is 35.9 Å². The standard InChI is InChI=1S/C16H19N3O3/c1-12(20)19-15(22)17-14(21)16(19)8-5-9-18(11-16)10-13-6-3-2-4-7-13/h2-4,6-7H,5,8-11H2,1H3,(H,17,21,22). The van der Waals surface area contributed by atoms with E-state index in [4.69, 9.17) is 0 Å². The number of amides is 4. The van der Waals surface area contributed by atoms with Crippen molar-refractivity contribution in [3.63, 3.8) is 0 Å². The number of hydrogen-bond donors (Lipinski definition) is 1. The van der Waals surface area contributed by atoms with Crippen LogP contribution >= 0.6 is 0 Å². The first-order chi connectivity index (χ1) is 10.5. The molecule has 1 unspecified atom stereocenters. The molecule has 2 aliphatic heterocycles. The van der Waals surface area contributed by atoms with Gasteiger partial charge in [0.25, 0.3) is 5.91 Å². The van der Waals surface area contributed by atoms with Gasteiger partial charge in [0.2, 0.25) is 5.91 Å². The lowest BCUT2D eigenvalue weighted by Gasteiger charge is -2.41. The van der Waals surface area contributed by atoms with Crippen molar-refractivity contribution in [1.29, 1.82) is 0 Å². The molecule has 22 heavy (non-hydrogen) atoms. The van der Waals surface area contributed by atoms with Gasteiger partial charge in [-0.25, -0.2) is 9.69 Å². The van der Waals surface area contributed by atoms with Crippen LogP contribution in [0.3, 0.4) is 0 Å². The Morgan fingerprint density at radius 1 is 1.27 bits per heavy atom. The molecule has 1 aromatic carbocycles. The third-order valence-electron chi connectivity index (χ3n) is 4.39. The van der Waals surface area contributed by atoms with E-state index in [0.29, 0.717) is 19.5 Å². The summed E-state index contributed by atoms with van der Waals surface area (Å²) in [6.07, 6.45) is 1.30. The number of likely N-dealkylation sites (tertiary alicyclic amines) is 1. The van der Waals surface area contributed by atoms with Gasteiger partial charge in [0, 0.05) is 20.0 Å². The summed E-state index contributed by atoms with van der Waals surface area (Å²) in [5, 5.41) is 2.29. The summed E-state index contributed by atoms with van der Waals surface area (Å²) in [6, 6.07) is 9.38. The normalized spacial score (nSPS) is 25.6. The number of benzene rings is 1. The van der Waals surface area contributed by atoms with Crippen molar-refractivity contribution in [2.75, 3.05) is 13.1 Å². The van der Waals surface area contributed by atoms with E-state index in [0.717, 1.165) is 23.4 Å². The van der Waals surface area contributed by atoms with Gasteiger partial charge in [-0.2, -0.15) is 0 Å². The minimum absolute atomic E-state index is 0.356. The van der Waals surface area contributed by atoms with Gasteiger partial charge >= 0.3 is 6.03 Å². The third-order valence-corrected chi connectivity index (χ3v) is 4.39. The Morgan fingerprint density at radius 3 is 2.68 bits per heavy atom. The molecule has 2 fully saturated rings. The fourth-order valence-corrected chi connectivity index (χ4v) is 3.48. The molecule has 0 saturated carbocycles. The maximum Gasteiger partial charge on any atom is 0.331 e. The quantitative estimate of drug-likeness (QED) is 0.831. The molecular formula is C16H19N3O3. The number of carbonyl (C=O) groups is 3. The van der Waals surface area contributed by atoms with Crippen LogP contribution in [-0.4, -0.2) is 46.3 Å². The Kier molecular flexibility index (Phi) is 3.70. The zero-order valence-electron chi connectivity index (χ0n) is 12.5. The van der Waals surface area contributed by atoms with Crippen molar-refractivity contribution in [1.82, 2.24) is 15.1 Å². The summed E-state index contributed by atoms with van der Waals surface area (Å²) in [5.74, 6) is -0.740. The Morgan fingerprint density at radius 2 is 2.00 bits per heavy atom. The minimum Gasteiger partial charge on any atom is -0.296 e. The lowest BCUT2D eigenvalue weighted by Crippen LogP contribution is -2.60. The van der Waals surface area contributed by atoms with E-state index in [2.05, 4.69) is 10.2 Å². The lowest BCUT2D eigenvalue weighted by atomic mass is 9.87. The van der Waals surface area contributed by atoms with Crippen molar-refractivity contribution in [2.24, 2.45) is 0 Å². The number of urea groups is 1. The number of piperidine rings is 1. The topological polar surface area (TPSA) is 69.7 Å². The Hall–Kier alpha value is -2.21. The van der Waals surface area contributed by atoms with E-state index < -0.39 is 11.6 Å². The van der Waals surface area contributed by atoms with Crippen molar-refractivity contribution in [3.8, 4) is 0 Å². The Balaban J connectivity index is 1.83. The molecule has 2 aliphatic rings. The molecule has 1 atom stereocenters. The summed E-state index contributed by atoms with van der Waals surface area (Å²) in [7, 11) is 0. The second-order valence-electron chi connectivity index (χ2n) is 5.95. The highest BCUT2D eigenvalue weighted by molar-refractivity contribution is 6.14. The molecule has 3 rings (SSSR count). The van der Waals surface area contributed by atoms with Gasteiger partial charge in [0.1, 0.15) is 5.54 Å². The average Bonchev–Trinajstić information content (AvgIpc) is 2.70. The minimum atomic E-state index is -1.05. The molecule has 0 aliphatic carbocycles. The summed E-state index contributed by atoms with van der Waals surface area (Å²) in [5.41, 5.74) is 0.106. The number of rotatable bonds is 2. The maximum absolute atomic E-state index is 12.3. The van der Waals surface area contributed by atoms with Crippen LogP contribution in [0.5, 0.6) is 0 Å². The highest BCUT2D eigenvalue weighted by Gasteiger charge is 2.56. The number of imide groups is 2. The van der Waals surface area contributed by atoms with Crippen molar-refractivity contribution >= 4 is 17.8 Å².